The lowest BCUT2D eigenvalue weighted by atomic mass is 9.89. The average Bonchev–Trinajstić information content (AvgIpc) is 2.64. The van der Waals surface area contributed by atoms with E-state index in [-0.39, 0.29) is 5.69 Å². The third-order valence-electron chi connectivity index (χ3n) is 3.56. The van der Waals surface area contributed by atoms with Gasteiger partial charge in [0.1, 0.15) is 0 Å². The number of aromatic nitrogens is 2. The van der Waals surface area contributed by atoms with Gasteiger partial charge < -0.3 is 0 Å². The molecule has 0 aliphatic heterocycles. The average molecular weight is 222 g/mol. The third-order valence-corrected chi connectivity index (χ3v) is 3.56. The standard InChI is InChI=1S/C13H22N2O/c1-2-8-14-9-10-15(13(14)16)11-12-6-4-3-5-7-12/h9-10,12H,2-8,11H2,1H3. The van der Waals surface area contributed by atoms with Crippen LogP contribution < -0.4 is 5.69 Å². The number of aryl methyl sites for hydroxylation is 1. The van der Waals surface area contributed by atoms with Crippen LogP contribution in [0.2, 0.25) is 0 Å². The van der Waals surface area contributed by atoms with Crippen molar-refractivity contribution in [3.05, 3.63) is 22.9 Å². The minimum absolute atomic E-state index is 0.174. The molecule has 0 bridgehead atoms. The number of imidazole rings is 1. The summed E-state index contributed by atoms with van der Waals surface area (Å²) in [6.45, 7) is 3.87. The van der Waals surface area contributed by atoms with Crippen LogP contribution in [0.25, 0.3) is 0 Å². The Hall–Kier alpha value is -0.990. The fourth-order valence-electron chi connectivity index (χ4n) is 2.65. The van der Waals surface area contributed by atoms with E-state index in [9.17, 15) is 4.79 Å². The van der Waals surface area contributed by atoms with Crippen molar-refractivity contribution in [2.24, 2.45) is 5.92 Å². The first-order valence-corrected chi connectivity index (χ1v) is 6.57. The van der Waals surface area contributed by atoms with Crippen LogP contribution >= 0.6 is 0 Å². The topological polar surface area (TPSA) is 26.9 Å². The van der Waals surface area contributed by atoms with Crippen LogP contribution in [0.3, 0.4) is 0 Å². The van der Waals surface area contributed by atoms with E-state index in [1.807, 2.05) is 21.5 Å². The molecule has 0 unspecified atom stereocenters. The highest BCUT2D eigenvalue weighted by Gasteiger charge is 2.15. The van der Waals surface area contributed by atoms with Gasteiger partial charge in [0, 0.05) is 25.5 Å². The summed E-state index contributed by atoms with van der Waals surface area (Å²) in [5, 5.41) is 0. The van der Waals surface area contributed by atoms with E-state index < -0.39 is 0 Å². The SMILES string of the molecule is CCCn1ccn(CC2CCCCC2)c1=O. The Labute approximate surface area is 97.1 Å². The molecule has 1 aromatic heterocycles. The normalized spacial score (nSPS) is 17.8. The predicted molar refractivity (Wildman–Crippen MR) is 65.6 cm³/mol. The Balaban J connectivity index is 2.00. The molecule has 1 aliphatic carbocycles. The zero-order valence-corrected chi connectivity index (χ0v) is 10.2. The quantitative estimate of drug-likeness (QED) is 0.769. The van der Waals surface area contributed by atoms with E-state index in [1.165, 1.54) is 32.1 Å². The summed E-state index contributed by atoms with van der Waals surface area (Å²) in [5.41, 5.74) is 0.174. The third kappa shape index (κ3) is 2.57. The highest BCUT2D eigenvalue weighted by molar-refractivity contribution is 4.82. The largest absolute Gasteiger partial charge is 0.328 e. The molecular formula is C13H22N2O. The van der Waals surface area contributed by atoms with Gasteiger partial charge in [-0.3, -0.25) is 9.13 Å². The molecule has 3 nitrogen and oxygen atoms in total. The second-order valence-electron chi connectivity index (χ2n) is 4.93. The van der Waals surface area contributed by atoms with E-state index in [1.54, 1.807) is 0 Å². The molecule has 0 amide bonds. The molecule has 0 N–H and O–H groups in total. The fourth-order valence-corrected chi connectivity index (χ4v) is 2.65. The van der Waals surface area contributed by atoms with E-state index >= 15 is 0 Å². The first-order chi connectivity index (χ1) is 7.81. The van der Waals surface area contributed by atoms with Crippen LogP contribution in [-0.2, 0) is 13.1 Å². The number of nitrogens with zero attached hydrogens (tertiary/aromatic N) is 2. The molecule has 3 heteroatoms. The Bertz CT molecular complexity index is 372. The first-order valence-electron chi connectivity index (χ1n) is 6.57. The highest BCUT2D eigenvalue weighted by atomic mass is 16.1. The zero-order valence-electron chi connectivity index (χ0n) is 10.2. The van der Waals surface area contributed by atoms with Crippen LogP contribution in [0.15, 0.2) is 17.2 Å². The molecule has 1 heterocycles. The minimum atomic E-state index is 0.174. The molecule has 1 saturated carbocycles. The molecule has 16 heavy (non-hydrogen) atoms. The summed E-state index contributed by atoms with van der Waals surface area (Å²) in [6.07, 6.45) is 11.6. The molecule has 1 aliphatic rings. The van der Waals surface area contributed by atoms with Crippen molar-refractivity contribution in [1.82, 2.24) is 9.13 Å². The van der Waals surface area contributed by atoms with Gasteiger partial charge in [-0.05, 0) is 25.2 Å². The highest BCUT2D eigenvalue weighted by Crippen LogP contribution is 2.24. The maximum Gasteiger partial charge on any atom is 0.328 e. The number of rotatable bonds is 4. The van der Waals surface area contributed by atoms with Gasteiger partial charge in [0.2, 0.25) is 0 Å². The monoisotopic (exact) mass is 222 g/mol. The Morgan fingerprint density at radius 3 is 2.56 bits per heavy atom. The Morgan fingerprint density at radius 1 is 1.19 bits per heavy atom. The minimum Gasteiger partial charge on any atom is -0.299 e. The van der Waals surface area contributed by atoms with Gasteiger partial charge in [-0.1, -0.05) is 26.2 Å². The molecular weight excluding hydrogens is 200 g/mol. The first kappa shape index (κ1) is 11.5. The summed E-state index contributed by atoms with van der Waals surface area (Å²) in [7, 11) is 0. The van der Waals surface area contributed by atoms with Crippen molar-refractivity contribution in [1.29, 1.82) is 0 Å². The van der Waals surface area contributed by atoms with Crippen LogP contribution in [-0.4, -0.2) is 9.13 Å². The zero-order chi connectivity index (χ0) is 11.4. The van der Waals surface area contributed by atoms with Crippen molar-refractivity contribution in [3.63, 3.8) is 0 Å². The van der Waals surface area contributed by atoms with Crippen LogP contribution in [0.4, 0.5) is 0 Å². The fraction of sp³-hybridized carbons (Fsp3) is 0.769. The van der Waals surface area contributed by atoms with Gasteiger partial charge in [0.25, 0.3) is 0 Å². The maximum absolute atomic E-state index is 12.0. The molecule has 0 radical (unpaired) electrons. The summed E-state index contributed by atoms with van der Waals surface area (Å²) < 4.78 is 3.72. The van der Waals surface area contributed by atoms with Gasteiger partial charge in [0.15, 0.2) is 0 Å². The van der Waals surface area contributed by atoms with E-state index in [0.29, 0.717) is 0 Å². The van der Waals surface area contributed by atoms with Crippen molar-refractivity contribution < 1.29 is 0 Å². The van der Waals surface area contributed by atoms with Gasteiger partial charge in [0.05, 0.1) is 0 Å². The molecule has 2 rings (SSSR count). The predicted octanol–water partition coefficient (Wildman–Crippen LogP) is 2.64. The second-order valence-corrected chi connectivity index (χ2v) is 4.93. The van der Waals surface area contributed by atoms with E-state index in [4.69, 9.17) is 0 Å². The molecule has 90 valence electrons. The maximum atomic E-state index is 12.0. The van der Waals surface area contributed by atoms with Gasteiger partial charge >= 0.3 is 5.69 Å². The molecule has 0 aromatic carbocycles. The molecule has 1 aromatic rings. The van der Waals surface area contributed by atoms with Crippen LogP contribution in [0.1, 0.15) is 45.4 Å². The Kier molecular flexibility index (Phi) is 3.86. The number of hydrogen-bond acceptors (Lipinski definition) is 1. The summed E-state index contributed by atoms with van der Waals surface area (Å²) in [5.74, 6) is 0.726. The lowest BCUT2D eigenvalue weighted by Gasteiger charge is -2.21. The van der Waals surface area contributed by atoms with E-state index in [2.05, 4.69) is 6.92 Å². The van der Waals surface area contributed by atoms with Crippen LogP contribution in [0, 0.1) is 5.92 Å². The van der Waals surface area contributed by atoms with Crippen molar-refractivity contribution in [2.45, 2.75) is 58.5 Å². The molecule has 1 fully saturated rings. The number of hydrogen-bond donors (Lipinski definition) is 0. The summed E-state index contributed by atoms with van der Waals surface area (Å²) >= 11 is 0. The van der Waals surface area contributed by atoms with Crippen molar-refractivity contribution >= 4 is 0 Å². The molecule has 0 atom stereocenters. The van der Waals surface area contributed by atoms with Gasteiger partial charge in [-0.15, -0.1) is 0 Å². The van der Waals surface area contributed by atoms with Crippen molar-refractivity contribution in [3.8, 4) is 0 Å². The van der Waals surface area contributed by atoms with Crippen molar-refractivity contribution in [2.75, 3.05) is 0 Å². The van der Waals surface area contributed by atoms with Crippen LogP contribution in [0.5, 0.6) is 0 Å². The Morgan fingerprint density at radius 2 is 1.88 bits per heavy atom. The second kappa shape index (κ2) is 5.37. The summed E-state index contributed by atoms with van der Waals surface area (Å²) in [4.78, 5) is 12.0. The van der Waals surface area contributed by atoms with Gasteiger partial charge in [-0.2, -0.15) is 0 Å². The lowest BCUT2D eigenvalue weighted by molar-refractivity contribution is 0.315. The van der Waals surface area contributed by atoms with Gasteiger partial charge in [-0.25, -0.2) is 4.79 Å². The summed E-state index contributed by atoms with van der Waals surface area (Å²) in [6, 6.07) is 0. The molecule has 0 saturated heterocycles. The smallest absolute Gasteiger partial charge is 0.299 e. The lowest BCUT2D eigenvalue weighted by Crippen LogP contribution is -2.27. The van der Waals surface area contributed by atoms with E-state index in [0.717, 1.165) is 25.4 Å². The molecule has 0 spiro atoms.